The van der Waals surface area contributed by atoms with Gasteiger partial charge < -0.3 is 10.1 Å². The Kier molecular flexibility index (Phi) is 8.15. The summed E-state index contributed by atoms with van der Waals surface area (Å²) < 4.78 is 32.9. The van der Waals surface area contributed by atoms with Crippen LogP contribution in [-0.2, 0) is 27.9 Å². The molecule has 0 radical (unpaired) electrons. The van der Waals surface area contributed by atoms with Crippen LogP contribution in [-0.4, -0.2) is 32.3 Å². The van der Waals surface area contributed by atoms with Crippen LogP contribution in [0.3, 0.4) is 0 Å². The average Bonchev–Trinajstić information content (AvgIpc) is 2.79. The van der Waals surface area contributed by atoms with Crippen LogP contribution in [0.4, 0.5) is 0 Å². The lowest BCUT2D eigenvalue weighted by Gasteiger charge is -2.22. The Morgan fingerprint density at radius 3 is 2.31 bits per heavy atom. The number of carbonyl (C=O) groups excluding carboxylic acids is 1. The first kappa shape index (κ1) is 24.1. The summed E-state index contributed by atoms with van der Waals surface area (Å²) in [5.74, 6) is 0.0835. The summed E-state index contributed by atoms with van der Waals surface area (Å²) in [6.07, 6.45) is 0. The van der Waals surface area contributed by atoms with Crippen molar-refractivity contribution in [2.75, 3.05) is 13.7 Å². The topological polar surface area (TPSA) is 75.7 Å². The molecule has 0 aromatic heterocycles. The number of hydrogen-bond acceptors (Lipinski definition) is 4. The molecule has 0 aliphatic rings. The highest BCUT2D eigenvalue weighted by Crippen LogP contribution is 2.22. The number of methoxy groups -OCH3 is 1. The van der Waals surface area contributed by atoms with Crippen LogP contribution in [0.15, 0.2) is 77.7 Å². The maximum atomic E-state index is 13.3. The van der Waals surface area contributed by atoms with Gasteiger partial charge in [0.1, 0.15) is 5.75 Å². The summed E-state index contributed by atoms with van der Waals surface area (Å²) in [5.41, 5.74) is 1.44. The third-order valence-corrected chi connectivity index (χ3v) is 7.10. The van der Waals surface area contributed by atoms with Crippen molar-refractivity contribution in [2.24, 2.45) is 0 Å². The minimum absolute atomic E-state index is 0.0460. The molecule has 0 aliphatic heterocycles. The predicted octanol–water partition coefficient (Wildman–Crippen LogP) is 4.51. The van der Waals surface area contributed by atoms with Gasteiger partial charge in [0.05, 0.1) is 18.6 Å². The number of ether oxygens (including phenoxy) is 1. The number of amides is 1. The van der Waals surface area contributed by atoms with Crippen LogP contribution in [0.25, 0.3) is 0 Å². The predicted molar refractivity (Wildman–Crippen MR) is 125 cm³/mol. The normalized spacial score (nSPS) is 11.4. The largest absolute Gasteiger partial charge is 0.497 e. The van der Waals surface area contributed by atoms with E-state index < -0.39 is 15.9 Å². The summed E-state index contributed by atoms with van der Waals surface area (Å²) in [7, 11) is -2.44. The van der Waals surface area contributed by atoms with Crippen LogP contribution in [0.2, 0.25) is 10.0 Å². The summed E-state index contributed by atoms with van der Waals surface area (Å²) in [5, 5.41) is 3.64. The molecule has 3 aromatic rings. The van der Waals surface area contributed by atoms with E-state index in [2.05, 4.69) is 5.32 Å². The molecule has 1 amide bonds. The second-order valence-corrected chi connectivity index (χ2v) is 9.73. The average molecular weight is 493 g/mol. The van der Waals surface area contributed by atoms with Crippen molar-refractivity contribution in [3.63, 3.8) is 0 Å². The molecule has 6 nitrogen and oxygen atoms in total. The molecular formula is C23H22Cl2N2O4S. The first-order chi connectivity index (χ1) is 15.3. The second-order valence-electron chi connectivity index (χ2n) is 6.95. The minimum Gasteiger partial charge on any atom is -0.497 e. The Labute approximate surface area is 197 Å². The molecule has 0 bridgehead atoms. The number of halogens is 2. The van der Waals surface area contributed by atoms with E-state index >= 15 is 0 Å². The summed E-state index contributed by atoms with van der Waals surface area (Å²) in [6.45, 7) is -0.157. The van der Waals surface area contributed by atoms with Gasteiger partial charge in [-0.15, -0.1) is 0 Å². The van der Waals surface area contributed by atoms with E-state index in [1.54, 1.807) is 30.3 Å². The van der Waals surface area contributed by atoms with Gasteiger partial charge in [0.15, 0.2) is 0 Å². The van der Waals surface area contributed by atoms with Gasteiger partial charge in [0, 0.05) is 23.1 Å². The van der Waals surface area contributed by atoms with Gasteiger partial charge in [-0.1, -0.05) is 59.6 Å². The van der Waals surface area contributed by atoms with Crippen molar-refractivity contribution in [1.29, 1.82) is 0 Å². The Balaban J connectivity index is 1.79. The fourth-order valence-electron chi connectivity index (χ4n) is 2.98. The van der Waals surface area contributed by atoms with Crippen molar-refractivity contribution in [3.8, 4) is 5.75 Å². The monoisotopic (exact) mass is 492 g/mol. The number of carbonyl (C=O) groups is 1. The lowest BCUT2D eigenvalue weighted by Crippen LogP contribution is -2.40. The minimum atomic E-state index is -3.94. The number of sulfonamides is 1. The highest BCUT2D eigenvalue weighted by molar-refractivity contribution is 7.89. The SMILES string of the molecule is COc1ccc(S(=O)(=O)N(CC(=O)NCc2ccc(Cl)cc2Cl)Cc2ccccc2)cc1. The molecule has 3 aromatic carbocycles. The lowest BCUT2D eigenvalue weighted by molar-refractivity contribution is -0.121. The smallest absolute Gasteiger partial charge is 0.243 e. The quantitative estimate of drug-likeness (QED) is 0.476. The molecule has 168 valence electrons. The molecule has 1 N–H and O–H groups in total. The highest BCUT2D eigenvalue weighted by Gasteiger charge is 2.27. The molecule has 0 saturated heterocycles. The summed E-state index contributed by atoms with van der Waals surface area (Å²) in [4.78, 5) is 12.7. The third-order valence-electron chi connectivity index (χ3n) is 4.71. The number of hydrogen-bond donors (Lipinski definition) is 1. The fraction of sp³-hybridized carbons (Fsp3) is 0.174. The van der Waals surface area contributed by atoms with Crippen molar-refractivity contribution < 1.29 is 17.9 Å². The number of rotatable bonds is 9. The van der Waals surface area contributed by atoms with Gasteiger partial charge in [0.2, 0.25) is 15.9 Å². The molecule has 0 spiro atoms. The molecule has 9 heteroatoms. The Bertz CT molecular complexity index is 1170. The van der Waals surface area contributed by atoms with Crippen molar-refractivity contribution in [2.45, 2.75) is 18.0 Å². The zero-order chi connectivity index (χ0) is 23.1. The van der Waals surface area contributed by atoms with E-state index in [1.807, 2.05) is 30.3 Å². The Hall–Kier alpha value is -2.58. The fourth-order valence-corrected chi connectivity index (χ4v) is 4.84. The van der Waals surface area contributed by atoms with Crippen LogP contribution < -0.4 is 10.1 Å². The molecule has 0 heterocycles. The molecule has 0 unspecified atom stereocenters. The molecule has 3 rings (SSSR count). The van der Waals surface area contributed by atoms with E-state index in [4.69, 9.17) is 27.9 Å². The van der Waals surface area contributed by atoms with Gasteiger partial charge in [-0.25, -0.2) is 8.42 Å². The standard InChI is InChI=1S/C23H22Cl2N2O4S/c1-31-20-9-11-21(12-10-20)32(29,30)27(15-17-5-3-2-4-6-17)16-23(28)26-14-18-7-8-19(24)13-22(18)25/h2-13H,14-16H2,1H3,(H,26,28). The summed E-state index contributed by atoms with van der Waals surface area (Å²) in [6, 6.07) is 20.1. The van der Waals surface area contributed by atoms with Crippen LogP contribution in [0.1, 0.15) is 11.1 Å². The van der Waals surface area contributed by atoms with E-state index in [1.165, 1.54) is 19.2 Å². The van der Waals surface area contributed by atoms with Gasteiger partial charge in [0.25, 0.3) is 0 Å². The first-order valence-corrected chi connectivity index (χ1v) is 11.9. The molecule has 32 heavy (non-hydrogen) atoms. The lowest BCUT2D eigenvalue weighted by atomic mass is 10.2. The van der Waals surface area contributed by atoms with E-state index in [0.717, 1.165) is 9.87 Å². The third kappa shape index (κ3) is 6.23. The molecule has 0 fully saturated rings. The molecule has 0 atom stereocenters. The van der Waals surface area contributed by atoms with Gasteiger partial charge >= 0.3 is 0 Å². The zero-order valence-electron chi connectivity index (χ0n) is 17.3. The Morgan fingerprint density at radius 1 is 1.00 bits per heavy atom. The Morgan fingerprint density at radius 2 is 1.69 bits per heavy atom. The maximum Gasteiger partial charge on any atom is 0.243 e. The molecule has 0 aliphatic carbocycles. The van der Waals surface area contributed by atoms with Crippen LogP contribution in [0, 0.1) is 0 Å². The van der Waals surface area contributed by atoms with Gasteiger partial charge in [-0.3, -0.25) is 4.79 Å². The molecule has 0 saturated carbocycles. The van der Waals surface area contributed by atoms with E-state index in [9.17, 15) is 13.2 Å². The van der Waals surface area contributed by atoms with Crippen LogP contribution in [0.5, 0.6) is 5.75 Å². The second kappa shape index (κ2) is 10.8. The highest BCUT2D eigenvalue weighted by atomic mass is 35.5. The van der Waals surface area contributed by atoms with Crippen molar-refractivity contribution in [1.82, 2.24) is 9.62 Å². The maximum absolute atomic E-state index is 13.3. The van der Waals surface area contributed by atoms with E-state index in [0.29, 0.717) is 21.4 Å². The van der Waals surface area contributed by atoms with Crippen molar-refractivity contribution >= 4 is 39.1 Å². The molecular weight excluding hydrogens is 471 g/mol. The van der Waals surface area contributed by atoms with Crippen LogP contribution >= 0.6 is 23.2 Å². The summed E-state index contributed by atoms with van der Waals surface area (Å²) >= 11 is 12.1. The zero-order valence-corrected chi connectivity index (χ0v) is 19.6. The first-order valence-electron chi connectivity index (χ1n) is 9.68. The number of benzene rings is 3. The number of nitrogens with zero attached hydrogens (tertiary/aromatic N) is 1. The van der Waals surface area contributed by atoms with Crippen molar-refractivity contribution in [3.05, 3.63) is 94.0 Å². The number of nitrogens with one attached hydrogen (secondary N) is 1. The van der Waals surface area contributed by atoms with Gasteiger partial charge in [-0.05, 0) is 47.5 Å². The van der Waals surface area contributed by atoms with E-state index in [-0.39, 0.29) is 24.5 Å². The van der Waals surface area contributed by atoms with Gasteiger partial charge in [-0.2, -0.15) is 4.31 Å².